The van der Waals surface area contributed by atoms with E-state index < -0.39 is 0 Å². The zero-order valence-electron chi connectivity index (χ0n) is 20.9. The van der Waals surface area contributed by atoms with Crippen LogP contribution in [0.3, 0.4) is 0 Å². The lowest BCUT2D eigenvalue weighted by molar-refractivity contribution is 0.289. The van der Waals surface area contributed by atoms with Gasteiger partial charge in [-0.25, -0.2) is 0 Å². The van der Waals surface area contributed by atoms with Crippen molar-refractivity contribution in [1.82, 2.24) is 20.4 Å². The number of hydrogen-bond acceptors (Lipinski definition) is 6. The summed E-state index contributed by atoms with van der Waals surface area (Å²) in [6.45, 7) is 7.96. The van der Waals surface area contributed by atoms with Crippen LogP contribution in [-0.2, 0) is 0 Å². The number of nitrogens with one attached hydrogen (secondary N) is 2. The van der Waals surface area contributed by atoms with Crippen LogP contribution in [-0.4, -0.2) is 33.6 Å². The van der Waals surface area contributed by atoms with Gasteiger partial charge in [0.1, 0.15) is 20.8 Å². The molecule has 0 saturated heterocycles. The zero-order valence-corrected chi connectivity index (χ0v) is 22.5. The molecule has 0 atom stereocenters. The molecule has 0 bridgehead atoms. The van der Waals surface area contributed by atoms with Gasteiger partial charge in [-0.15, -0.1) is 0 Å². The molecule has 8 heteroatoms. The molecule has 0 aliphatic heterocycles. The van der Waals surface area contributed by atoms with E-state index in [-0.39, 0.29) is 0 Å². The third-order valence-electron chi connectivity index (χ3n) is 5.07. The topological polar surface area (TPSA) is 75.8 Å². The number of hydrogen-bond donors (Lipinski definition) is 2. The summed E-state index contributed by atoms with van der Waals surface area (Å²) in [6.07, 6.45) is 2.07. The summed E-state index contributed by atoms with van der Waals surface area (Å²) in [4.78, 5) is 0. The predicted octanol–water partition coefficient (Wildman–Crippen LogP) is 7.83. The maximum Gasteiger partial charge on any atom is 0.119 e. The molecule has 0 fully saturated rings. The summed E-state index contributed by atoms with van der Waals surface area (Å²) in [5, 5.41) is 14.0. The largest absolute Gasteiger partial charge is 0.494 e. The average molecular weight is 521 g/mol. The number of aromatic amines is 2. The van der Waals surface area contributed by atoms with Crippen molar-refractivity contribution in [1.29, 1.82) is 0 Å². The average Bonchev–Trinajstić information content (AvgIpc) is 2.89. The molecule has 36 heavy (non-hydrogen) atoms. The maximum absolute atomic E-state index is 5.68. The molecular formula is C28H32N4O2S2. The third kappa shape index (κ3) is 9.02. The van der Waals surface area contributed by atoms with Gasteiger partial charge >= 0.3 is 0 Å². The first-order chi connectivity index (χ1) is 17.4. The Bertz CT molecular complexity index is 1290. The van der Waals surface area contributed by atoms with Gasteiger partial charge in [0.2, 0.25) is 0 Å². The zero-order chi connectivity index (χ0) is 25.8. The minimum atomic E-state index is 0.632. The molecule has 0 radical (unpaired) electrons. The molecule has 6 nitrogen and oxygen atoms in total. The highest BCUT2D eigenvalue weighted by atomic mass is 32.1. The maximum atomic E-state index is 5.68. The highest BCUT2D eigenvalue weighted by molar-refractivity contribution is 7.71. The highest BCUT2D eigenvalue weighted by Crippen LogP contribution is 2.22. The van der Waals surface area contributed by atoms with Crippen molar-refractivity contribution in [2.45, 2.75) is 33.6 Å². The number of benzene rings is 2. The van der Waals surface area contributed by atoms with E-state index in [1.807, 2.05) is 72.8 Å². The van der Waals surface area contributed by atoms with Crippen LogP contribution in [0.25, 0.3) is 22.5 Å². The van der Waals surface area contributed by atoms with E-state index >= 15 is 0 Å². The molecular weight excluding hydrogens is 488 g/mol. The number of nitrogens with zero attached hydrogens (tertiary/aromatic N) is 2. The molecule has 0 saturated carbocycles. The molecule has 4 aromatic rings. The molecule has 0 aliphatic rings. The third-order valence-corrected chi connectivity index (χ3v) is 5.53. The van der Waals surface area contributed by atoms with Crippen LogP contribution in [0.5, 0.6) is 11.5 Å². The second kappa shape index (κ2) is 14.3. The summed E-state index contributed by atoms with van der Waals surface area (Å²) < 4.78 is 12.5. The van der Waals surface area contributed by atoms with Gasteiger partial charge in [-0.1, -0.05) is 57.3 Å². The van der Waals surface area contributed by atoms with Gasteiger partial charge in [0.15, 0.2) is 0 Å². The van der Waals surface area contributed by atoms with Crippen molar-refractivity contribution in [3.05, 3.63) is 82.1 Å². The Balaban J connectivity index is 0.000000202. The second-order valence-electron chi connectivity index (χ2n) is 8.54. The molecule has 2 aromatic heterocycles. The highest BCUT2D eigenvalue weighted by Gasteiger charge is 2.02. The van der Waals surface area contributed by atoms with Crippen molar-refractivity contribution < 1.29 is 9.47 Å². The SMILES string of the molecule is CC(C)CCOc1ccc(-c2ccc(=S)[nH]n2)cc1.CCCOc1cccc(-c2ccc(=S)[nH]n2)c1. The van der Waals surface area contributed by atoms with Crippen LogP contribution in [0.2, 0.25) is 0 Å². The predicted molar refractivity (Wildman–Crippen MR) is 150 cm³/mol. The molecule has 2 heterocycles. The van der Waals surface area contributed by atoms with E-state index in [9.17, 15) is 0 Å². The van der Waals surface area contributed by atoms with Gasteiger partial charge in [-0.2, -0.15) is 10.2 Å². The first-order valence-corrected chi connectivity index (χ1v) is 12.8. The smallest absolute Gasteiger partial charge is 0.119 e. The second-order valence-corrected chi connectivity index (χ2v) is 9.42. The first kappa shape index (κ1) is 27.2. The first-order valence-electron chi connectivity index (χ1n) is 12.0. The molecule has 188 valence electrons. The minimum Gasteiger partial charge on any atom is -0.494 e. The van der Waals surface area contributed by atoms with Crippen LogP contribution >= 0.6 is 24.4 Å². The van der Waals surface area contributed by atoms with Gasteiger partial charge in [-0.05, 0) is 79.4 Å². The molecule has 4 rings (SSSR count). The standard InChI is InChI=1S/C15H18N2OS.C13H14N2OS/c1-11(2)9-10-18-13-5-3-12(4-6-13)14-7-8-15(19)17-16-14;1-2-8-16-11-5-3-4-10(9-11)12-6-7-13(17)15-14-12/h3-8,11H,9-10H2,1-2H3,(H,17,19);3-7,9H,2,8H2,1H3,(H,15,17). The molecule has 0 amide bonds. The number of rotatable bonds is 9. The van der Waals surface area contributed by atoms with Crippen LogP contribution in [0, 0.1) is 15.2 Å². The summed E-state index contributed by atoms with van der Waals surface area (Å²) in [7, 11) is 0. The molecule has 0 aliphatic carbocycles. The molecule has 2 N–H and O–H groups in total. The van der Waals surface area contributed by atoms with E-state index in [1.165, 1.54) is 0 Å². The lowest BCUT2D eigenvalue weighted by atomic mass is 10.1. The van der Waals surface area contributed by atoms with Gasteiger partial charge in [0, 0.05) is 11.1 Å². The Hall–Kier alpha value is -3.36. The van der Waals surface area contributed by atoms with Crippen LogP contribution in [0.15, 0.2) is 72.8 Å². The molecule has 0 unspecified atom stereocenters. The number of ether oxygens (including phenoxy) is 2. The Labute approximate surface area is 222 Å². The lowest BCUT2D eigenvalue weighted by Gasteiger charge is -2.08. The fourth-order valence-corrected chi connectivity index (χ4v) is 3.34. The van der Waals surface area contributed by atoms with E-state index in [2.05, 4.69) is 41.2 Å². The van der Waals surface area contributed by atoms with Crippen molar-refractivity contribution >= 4 is 24.4 Å². The normalized spacial score (nSPS) is 10.4. The Kier molecular flexibility index (Phi) is 10.8. The van der Waals surface area contributed by atoms with Gasteiger partial charge in [-0.3, -0.25) is 10.2 Å². The van der Waals surface area contributed by atoms with E-state index in [4.69, 9.17) is 33.9 Å². The Morgan fingerprint density at radius 3 is 1.89 bits per heavy atom. The Morgan fingerprint density at radius 2 is 1.33 bits per heavy atom. The summed E-state index contributed by atoms with van der Waals surface area (Å²) in [6, 6.07) is 23.3. The lowest BCUT2D eigenvalue weighted by Crippen LogP contribution is -2.01. The summed E-state index contributed by atoms with van der Waals surface area (Å²) >= 11 is 9.94. The van der Waals surface area contributed by atoms with Gasteiger partial charge in [0.25, 0.3) is 0 Å². The van der Waals surface area contributed by atoms with E-state index in [0.717, 1.165) is 60.1 Å². The quantitative estimate of drug-likeness (QED) is 0.219. The Morgan fingerprint density at radius 1 is 0.722 bits per heavy atom. The van der Waals surface area contributed by atoms with Gasteiger partial charge in [0.05, 0.1) is 24.6 Å². The molecule has 2 aromatic carbocycles. The fourth-order valence-electron chi connectivity index (χ4n) is 3.11. The van der Waals surface area contributed by atoms with Gasteiger partial charge < -0.3 is 9.47 Å². The van der Waals surface area contributed by atoms with Crippen molar-refractivity contribution in [3.8, 4) is 34.0 Å². The van der Waals surface area contributed by atoms with Crippen molar-refractivity contribution in [2.24, 2.45) is 5.92 Å². The van der Waals surface area contributed by atoms with E-state index in [1.54, 1.807) is 0 Å². The fraction of sp³-hybridized carbons (Fsp3) is 0.286. The minimum absolute atomic E-state index is 0.632. The molecule has 0 spiro atoms. The van der Waals surface area contributed by atoms with Crippen LogP contribution in [0.1, 0.15) is 33.6 Å². The van der Waals surface area contributed by atoms with Crippen LogP contribution < -0.4 is 9.47 Å². The van der Waals surface area contributed by atoms with Crippen LogP contribution in [0.4, 0.5) is 0 Å². The summed E-state index contributed by atoms with van der Waals surface area (Å²) in [5.41, 5.74) is 3.80. The number of H-pyrrole nitrogens is 2. The van der Waals surface area contributed by atoms with E-state index in [0.29, 0.717) is 15.2 Å². The van der Waals surface area contributed by atoms with Crippen molar-refractivity contribution in [2.75, 3.05) is 13.2 Å². The number of aromatic nitrogens is 4. The van der Waals surface area contributed by atoms with Crippen molar-refractivity contribution in [3.63, 3.8) is 0 Å². The summed E-state index contributed by atoms with van der Waals surface area (Å²) in [5.74, 6) is 2.43. The monoisotopic (exact) mass is 520 g/mol.